The van der Waals surface area contributed by atoms with Crippen molar-refractivity contribution in [1.82, 2.24) is 5.32 Å². The fourth-order valence-electron chi connectivity index (χ4n) is 2.23. The third kappa shape index (κ3) is 4.20. The molecule has 5 heteroatoms. The summed E-state index contributed by atoms with van der Waals surface area (Å²) in [4.78, 5) is 24.5. The highest BCUT2D eigenvalue weighted by molar-refractivity contribution is 9.10. The fraction of sp³-hybridized carbons (Fsp3) is 0.222. The van der Waals surface area contributed by atoms with E-state index < -0.39 is 0 Å². The van der Waals surface area contributed by atoms with Gasteiger partial charge in [-0.25, -0.2) is 0 Å². The van der Waals surface area contributed by atoms with Crippen LogP contribution in [0.25, 0.3) is 0 Å². The third-order valence-electron chi connectivity index (χ3n) is 3.67. The fourth-order valence-corrected chi connectivity index (χ4v) is 2.50. The lowest BCUT2D eigenvalue weighted by Crippen LogP contribution is -2.24. The maximum atomic E-state index is 12.5. The molecule has 0 saturated heterocycles. The van der Waals surface area contributed by atoms with Gasteiger partial charge in [0.1, 0.15) is 0 Å². The molecule has 0 aliphatic carbocycles. The van der Waals surface area contributed by atoms with E-state index >= 15 is 0 Å². The second-order valence-corrected chi connectivity index (χ2v) is 6.31. The molecule has 0 aliphatic rings. The molecule has 0 spiro atoms. The van der Waals surface area contributed by atoms with Crippen molar-refractivity contribution in [3.63, 3.8) is 0 Å². The highest BCUT2D eigenvalue weighted by Gasteiger charge is 2.18. The zero-order valence-corrected chi connectivity index (χ0v) is 14.9. The Morgan fingerprint density at radius 2 is 1.74 bits per heavy atom. The highest BCUT2D eigenvalue weighted by Crippen LogP contribution is 2.22. The van der Waals surface area contributed by atoms with Gasteiger partial charge in [-0.2, -0.15) is 0 Å². The lowest BCUT2D eigenvalue weighted by molar-refractivity contribution is -0.117. The molecular weight excluding hydrogens is 356 g/mol. The van der Waals surface area contributed by atoms with E-state index in [2.05, 4.69) is 26.6 Å². The summed E-state index contributed by atoms with van der Waals surface area (Å²) < 4.78 is 0.967. The number of nitrogens with one attached hydrogen (secondary N) is 2. The van der Waals surface area contributed by atoms with Crippen LogP contribution >= 0.6 is 15.9 Å². The first-order valence-corrected chi connectivity index (χ1v) is 8.10. The predicted octanol–water partition coefficient (Wildman–Crippen LogP) is 3.86. The summed E-state index contributed by atoms with van der Waals surface area (Å²) in [5, 5.41) is 5.45. The zero-order chi connectivity index (χ0) is 17.0. The van der Waals surface area contributed by atoms with E-state index in [1.165, 1.54) is 0 Å². The van der Waals surface area contributed by atoms with Crippen LogP contribution < -0.4 is 10.6 Å². The molecular formula is C18H19BrN2O2. The molecule has 0 aromatic heterocycles. The molecule has 23 heavy (non-hydrogen) atoms. The van der Waals surface area contributed by atoms with Gasteiger partial charge in [0.05, 0.1) is 17.2 Å². The summed E-state index contributed by atoms with van der Waals surface area (Å²) in [5.74, 6) is -0.691. The van der Waals surface area contributed by atoms with Crippen molar-refractivity contribution in [3.8, 4) is 0 Å². The quantitative estimate of drug-likeness (QED) is 0.853. The number of carbonyl (C=O) groups is 2. The van der Waals surface area contributed by atoms with Crippen molar-refractivity contribution in [3.05, 3.63) is 63.6 Å². The van der Waals surface area contributed by atoms with Crippen LogP contribution in [0.5, 0.6) is 0 Å². The van der Waals surface area contributed by atoms with Gasteiger partial charge in [-0.3, -0.25) is 9.59 Å². The van der Waals surface area contributed by atoms with E-state index in [0.717, 1.165) is 15.6 Å². The molecule has 2 aromatic carbocycles. The van der Waals surface area contributed by atoms with E-state index in [1.807, 2.05) is 44.2 Å². The van der Waals surface area contributed by atoms with Crippen molar-refractivity contribution in [1.29, 1.82) is 0 Å². The Morgan fingerprint density at radius 1 is 1.09 bits per heavy atom. The molecule has 2 rings (SSSR count). The maximum Gasteiger partial charge on any atom is 0.253 e. The number of rotatable bonds is 4. The lowest BCUT2D eigenvalue weighted by Gasteiger charge is -2.15. The van der Waals surface area contributed by atoms with Crippen molar-refractivity contribution < 1.29 is 9.59 Å². The van der Waals surface area contributed by atoms with E-state index in [-0.39, 0.29) is 17.7 Å². The van der Waals surface area contributed by atoms with Gasteiger partial charge in [0, 0.05) is 11.5 Å². The highest BCUT2D eigenvalue weighted by atomic mass is 79.9. The van der Waals surface area contributed by atoms with Crippen LogP contribution in [0.15, 0.2) is 46.9 Å². The number of aryl methyl sites for hydroxylation is 1. The monoisotopic (exact) mass is 374 g/mol. The van der Waals surface area contributed by atoms with Gasteiger partial charge in [-0.1, -0.05) is 39.7 Å². The van der Waals surface area contributed by atoms with Crippen LogP contribution in [0.1, 0.15) is 34.3 Å². The largest absolute Gasteiger partial charge is 0.355 e. The van der Waals surface area contributed by atoms with Crippen LogP contribution in [-0.2, 0) is 4.79 Å². The van der Waals surface area contributed by atoms with E-state index in [9.17, 15) is 9.59 Å². The topological polar surface area (TPSA) is 58.2 Å². The Labute approximate surface area is 144 Å². The number of amides is 2. The molecule has 0 fully saturated rings. The number of hydrogen-bond donors (Lipinski definition) is 2. The summed E-state index contributed by atoms with van der Waals surface area (Å²) in [6.45, 7) is 3.74. The van der Waals surface area contributed by atoms with Gasteiger partial charge in [0.15, 0.2) is 0 Å². The van der Waals surface area contributed by atoms with Crippen LogP contribution in [0.4, 0.5) is 5.69 Å². The Hall–Kier alpha value is -2.14. The van der Waals surface area contributed by atoms with Crippen LogP contribution in [0, 0.1) is 6.92 Å². The van der Waals surface area contributed by atoms with Gasteiger partial charge in [-0.15, -0.1) is 0 Å². The molecule has 1 atom stereocenters. The first-order chi connectivity index (χ1) is 10.9. The summed E-state index contributed by atoms with van der Waals surface area (Å²) in [6.07, 6.45) is 0. The Balaban J connectivity index is 2.23. The Bertz CT molecular complexity index is 726. The molecule has 120 valence electrons. The van der Waals surface area contributed by atoms with Crippen molar-refractivity contribution in [2.75, 3.05) is 12.4 Å². The Kier molecular flexibility index (Phi) is 5.55. The smallest absolute Gasteiger partial charge is 0.253 e. The second-order valence-electron chi connectivity index (χ2n) is 5.39. The number of hydrogen-bond acceptors (Lipinski definition) is 2. The molecule has 2 aromatic rings. The SMILES string of the molecule is CNC(=O)c1cc(C)ccc1NC(=O)C(C)c1ccc(Br)cc1. The molecule has 1 unspecified atom stereocenters. The average molecular weight is 375 g/mol. The number of carbonyl (C=O) groups excluding carboxylic acids is 2. The number of halogens is 1. The van der Waals surface area contributed by atoms with Crippen LogP contribution in [0.2, 0.25) is 0 Å². The minimum absolute atomic E-state index is 0.152. The minimum Gasteiger partial charge on any atom is -0.355 e. The minimum atomic E-state index is -0.318. The summed E-state index contributed by atoms with van der Waals surface area (Å²) in [7, 11) is 1.57. The standard InChI is InChI=1S/C18H19BrN2O2/c1-11-4-9-16(15(10-11)18(23)20-3)21-17(22)12(2)13-5-7-14(19)8-6-13/h4-10,12H,1-3H3,(H,20,23)(H,21,22). The number of anilines is 1. The first-order valence-electron chi connectivity index (χ1n) is 7.31. The summed E-state index contributed by atoms with van der Waals surface area (Å²) in [6, 6.07) is 13.0. The van der Waals surface area contributed by atoms with Crippen LogP contribution in [0.3, 0.4) is 0 Å². The van der Waals surface area contributed by atoms with Crippen molar-refractivity contribution in [2.24, 2.45) is 0 Å². The average Bonchev–Trinajstić information content (AvgIpc) is 2.55. The van der Waals surface area contributed by atoms with Crippen molar-refractivity contribution >= 4 is 33.4 Å². The van der Waals surface area contributed by atoms with E-state index in [0.29, 0.717) is 11.3 Å². The molecule has 4 nitrogen and oxygen atoms in total. The third-order valence-corrected chi connectivity index (χ3v) is 4.20. The normalized spacial score (nSPS) is 11.7. The summed E-state index contributed by atoms with van der Waals surface area (Å²) >= 11 is 3.38. The molecule has 0 radical (unpaired) electrons. The lowest BCUT2D eigenvalue weighted by atomic mass is 10.00. The molecule has 2 amide bonds. The van der Waals surface area contributed by atoms with Gasteiger partial charge in [0.25, 0.3) is 5.91 Å². The van der Waals surface area contributed by atoms with Gasteiger partial charge >= 0.3 is 0 Å². The van der Waals surface area contributed by atoms with Gasteiger partial charge in [-0.05, 0) is 43.7 Å². The van der Waals surface area contributed by atoms with E-state index in [4.69, 9.17) is 0 Å². The molecule has 0 heterocycles. The molecule has 2 N–H and O–H groups in total. The number of benzene rings is 2. The molecule has 0 aliphatic heterocycles. The molecule has 0 saturated carbocycles. The van der Waals surface area contributed by atoms with Crippen molar-refractivity contribution in [2.45, 2.75) is 19.8 Å². The predicted molar refractivity (Wildman–Crippen MR) is 95.8 cm³/mol. The van der Waals surface area contributed by atoms with E-state index in [1.54, 1.807) is 19.2 Å². The van der Waals surface area contributed by atoms with Crippen LogP contribution in [-0.4, -0.2) is 18.9 Å². The Morgan fingerprint density at radius 3 is 2.35 bits per heavy atom. The summed E-state index contributed by atoms with van der Waals surface area (Å²) in [5.41, 5.74) is 2.86. The maximum absolute atomic E-state index is 12.5. The van der Waals surface area contributed by atoms with Gasteiger partial charge in [0.2, 0.25) is 5.91 Å². The van der Waals surface area contributed by atoms with Gasteiger partial charge < -0.3 is 10.6 Å². The first kappa shape index (κ1) is 17.2. The molecule has 0 bridgehead atoms. The zero-order valence-electron chi connectivity index (χ0n) is 13.3. The second kappa shape index (κ2) is 7.42.